The summed E-state index contributed by atoms with van der Waals surface area (Å²) in [6.45, 7) is 2.63. The summed E-state index contributed by atoms with van der Waals surface area (Å²) in [6, 6.07) is 28.4. The minimum absolute atomic E-state index is 0.0236. The van der Waals surface area contributed by atoms with Gasteiger partial charge in [0.1, 0.15) is 17.3 Å². The molecule has 1 saturated heterocycles. The molecule has 0 aromatic heterocycles. The fourth-order valence-corrected chi connectivity index (χ4v) is 6.25. The number of ether oxygens (including phenoxy) is 2. The van der Waals surface area contributed by atoms with Crippen LogP contribution in [0.15, 0.2) is 97.1 Å². The minimum Gasteiger partial charge on any atom is -0.497 e. The second-order valence-corrected chi connectivity index (χ2v) is 10.8. The third-order valence-corrected chi connectivity index (χ3v) is 8.45. The Morgan fingerprint density at radius 1 is 0.814 bits per heavy atom. The molecule has 0 radical (unpaired) electrons. The number of piperazine rings is 1. The molecule has 220 valence electrons. The smallest absolute Gasteiger partial charge is 0.255 e. The molecule has 2 aliphatic heterocycles. The van der Waals surface area contributed by atoms with Crippen LogP contribution in [0.3, 0.4) is 0 Å². The van der Waals surface area contributed by atoms with Gasteiger partial charge in [0.25, 0.3) is 5.91 Å². The fraction of sp³-hybridized carbons (Fsp3) is 0.257. The number of amides is 2. The molecule has 0 bridgehead atoms. The Hall–Kier alpha value is -4.85. The summed E-state index contributed by atoms with van der Waals surface area (Å²) >= 11 is 0. The lowest BCUT2D eigenvalue weighted by atomic mass is 9.78. The van der Waals surface area contributed by atoms with Crippen molar-refractivity contribution < 1.29 is 23.5 Å². The third-order valence-electron chi connectivity index (χ3n) is 8.45. The molecule has 2 atom stereocenters. The fourth-order valence-electron chi connectivity index (χ4n) is 6.25. The van der Waals surface area contributed by atoms with Crippen molar-refractivity contribution in [2.75, 3.05) is 45.3 Å². The Morgan fingerprint density at radius 3 is 2.19 bits per heavy atom. The van der Waals surface area contributed by atoms with Crippen LogP contribution in [0.25, 0.3) is 0 Å². The summed E-state index contributed by atoms with van der Waals surface area (Å²) in [5, 5.41) is 0. The largest absolute Gasteiger partial charge is 0.497 e. The Balaban J connectivity index is 1.37. The highest BCUT2D eigenvalue weighted by molar-refractivity contribution is 6.01. The van der Waals surface area contributed by atoms with Gasteiger partial charge in [-0.15, -0.1) is 0 Å². The SMILES string of the molecule is COc1ccc([C@@H]2[C@@H](C(=O)N3CCN(c4ccccc4OC)CC3)c3ccccc3C(=O)N2Cc2ccc(F)cc2)cc1. The molecule has 4 aromatic carbocycles. The van der Waals surface area contributed by atoms with E-state index in [0.29, 0.717) is 37.5 Å². The van der Waals surface area contributed by atoms with Gasteiger partial charge in [-0.25, -0.2) is 4.39 Å². The zero-order valence-corrected chi connectivity index (χ0v) is 24.3. The first-order valence-corrected chi connectivity index (χ1v) is 14.4. The number of fused-ring (bicyclic) bond motifs is 1. The van der Waals surface area contributed by atoms with Gasteiger partial charge in [0.05, 0.1) is 31.9 Å². The second-order valence-electron chi connectivity index (χ2n) is 10.8. The first-order chi connectivity index (χ1) is 21.0. The highest BCUT2D eigenvalue weighted by atomic mass is 19.1. The highest BCUT2D eigenvalue weighted by Crippen LogP contribution is 2.45. The van der Waals surface area contributed by atoms with E-state index in [2.05, 4.69) is 4.90 Å². The van der Waals surface area contributed by atoms with Crippen molar-refractivity contribution in [3.63, 3.8) is 0 Å². The molecule has 7 nitrogen and oxygen atoms in total. The predicted molar refractivity (Wildman–Crippen MR) is 163 cm³/mol. The standard InChI is InChI=1S/C35H34FN3O4/c1-42-27-17-13-25(14-18-27)33-32(35(41)38-21-19-37(20-22-38)30-9-5-6-10-31(30)43-2)28-7-3-4-8-29(28)34(40)39(33)23-24-11-15-26(36)16-12-24/h3-18,32-33H,19-23H2,1-2H3/t32-,33+/m0/s1. The number of nitrogens with zero attached hydrogens (tertiary/aromatic N) is 3. The summed E-state index contributed by atoms with van der Waals surface area (Å²) in [7, 11) is 3.27. The zero-order chi connectivity index (χ0) is 29.9. The average Bonchev–Trinajstić information content (AvgIpc) is 3.06. The van der Waals surface area contributed by atoms with Gasteiger partial charge in [-0.05, 0) is 59.2 Å². The number of hydrogen-bond acceptors (Lipinski definition) is 5. The van der Waals surface area contributed by atoms with Gasteiger partial charge < -0.3 is 24.2 Å². The van der Waals surface area contributed by atoms with Gasteiger partial charge in [0.15, 0.2) is 0 Å². The number of carbonyl (C=O) groups excluding carboxylic acids is 2. The lowest BCUT2D eigenvalue weighted by Gasteiger charge is -2.45. The van der Waals surface area contributed by atoms with Crippen LogP contribution in [-0.4, -0.2) is 62.0 Å². The van der Waals surface area contributed by atoms with Gasteiger partial charge in [0.2, 0.25) is 5.91 Å². The van der Waals surface area contributed by atoms with Crippen LogP contribution in [-0.2, 0) is 11.3 Å². The maximum Gasteiger partial charge on any atom is 0.255 e. The lowest BCUT2D eigenvalue weighted by molar-refractivity contribution is -0.135. The molecular formula is C35H34FN3O4. The van der Waals surface area contributed by atoms with E-state index in [9.17, 15) is 14.0 Å². The second kappa shape index (κ2) is 12.2. The molecule has 1 fully saturated rings. The molecule has 43 heavy (non-hydrogen) atoms. The molecule has 0 saturated carbocycles. The molecule has 0 N–H and O–H groups in total. The van der Waals surface area contributed by atoms with Crippen LogP contribution in [0.1, 0.15) is 39.0 Å². The van der Waals surface area contributed by atoms with Crippen LogP contribution < -0.4 is 14.4 Å². The van der Waals surface area contributed by atoms with E-state index in [4.69, 9.17) is 9.47 Å². The van der Waals surface area contributed by atoms with Crippen LogP contribution in [0.5, 0.6) is 11.5 Å². The topological polar surface area (TPSA) is 62.3 Å². The molecule has 2 amide bonds. The van der Waals surface area contributed by atoms with Gasteiger partial charge in [-0.3, -0.25) is 9.59 Å². The van der Waals surface area contributed by atoms with Crippen molar-refractivity contribution in [2.45, 2.75) is 18.5 Å². The molecule has 6 rings (SSSR count). The Kier molecular flexibility index (Phi) is 8.01. The summed E-state index contributed by atoms with van der Waals surface area (Å²) in [5.74, 6) is 0.340. The van der Waals surface area contributed by atoms with Crippen LogP contribution in [0.4, 0.5) is 10.1 Å². The van der Waals surface area contributed by atoms with Crippen molar-refractivity contribution >= 4 is 17.5 Å². The number of rotatable bonds is 7. The van der Waals surface area contributed by atoms with Gasteiger partial charge in [0, 0.05) is 38.3 Å². The van der Waals surface area contributed by atoms with E-state index < -0.39 is 12.0 Å². The van der Waals surface area contributed by atoms with E-state index in [-0.39, 0.29) is 24.2 Å². The Labute approximate surface area is 251 Å². The first-order valence-electron chi connectivity index (χ1n) is 14.4. The maximum absolute atomic E-state index is 14.6. The van der Waals surface area contributed by atoms with E-state index in [1.807, 2.05) is 71.6 Å². The van der Waals surface area contributed by atoms with Crippen LogP contribution in [0, 0.1) is 5.82 Å². The predicted octanol–water partition coefficient (Wildman–Crippen LogP) is 5.67. The lowest BCUT2D eigenvalue weighted by Crippen LogP contribution is -2.53. The molecule has 4 aromatic rings. The normalized spacial score (nSPS) is 18.3. The Morgan fingerprint density at radius 2 is 1.49 bits per heavy atom. The van der Waals surface area contributed by atoms with E-state index in [1.165, 1.54) is 12.1 Å². The number of anilines is 1. The molecule has 0 aliphatic carbocycles. The highest BCUT2D eigenvalue weighted by Gasteiger charge is 2.45. The van der Waals surface area contributed by atoms with E-state index in [1.54, 1.807) is 37.3 Å². The number of para-hydroxylation sites is 2. The summed E-state index contributed by atoms with van der Waals surface area (Å²) in [5.41, 5.74) is 3.86. The van der Waals surface area contributed by atoms with Crippen LogP contribution in [0.2, 0.25) is 0 Å². The molecule has 0 spiro atoms. The molecule has 0 unspecified atom stereocenters. The van der Waals surface area contributed by atoms with E-state index >= 15 is 0 Å². The number of benzene rings is 4. The summed E-state index contributed by atoms with van der Waals surface area (Å²) < 4.78 is 24.7. The monoisotopic (exact) mass is 579 g/mol. The maximum atomic E-state index is 14.6. The summed E-state index contributed by atoms with van der Waals surface area (Å²) in [6.07, 6.45) is 0. The average molecular weight is 580 g/mol. The van der Waals surface area contributed by atoms with Crippen molar-refractivity contribution in [3.05, 3.63) is 125 Å². The van der Waals surface area contributed by atoms with Gasteiger partial charge in [-0.1, -0.05) is 54.6 Å². The number of halogens is 1. The van der Waals surface area contributed by atoms with E-state index in [0.717, 1.165) is 28.1 Å². The zero-order valence-electron chi connectivity index (χ0n) is 24.3. The van der Waals surface area contributed by atoms with Crippen molar-refractivity contribution in [2.24, 2.45) is 0 Å². The van der Waals surface area contributed by atoms with Crippen LogP contribution >= 0.6 is 0 Å². The summed E-state index contributed by atoms with van der Waals surface area (Å²) in [4.78, 5) is 34.6. The third kappa shape index (κ3) is 5.52. The molecule has 2 heterocycles. The van der Waals surface area contributed by atoms with Gasteiger partial charge in [-0.2, -0.15) is 0 Å². The number of methoxy groups -OCH3 is 2. The van der Waals surface area contributed by atoms with Gasteiger partial charge >= 0.3 is 0 Å². The number of carbonyl (C=O) groups is 2. The molecule has 8 heteroatoms. The van der Waals surface area contributed by atoms with Crippen molar-refractivity contribution in [1.82, 2.24) is 9.80 Å². The molecule has 2 aliphatic rings. The first kappa shape index (κ1) is 28.3. The quantitative estimate of drug-likeness (QED) is 0.282. The van der Waals surface area contributed by atoms with Crippen molar-refractivity contribution in [3.8, 4) is 11.5 Å². The number of hydrogen-bond donors (Lipinski definition) is 0. The minimum atomic E-state index is -0.624. The van der Waals surface area contributed by atoms with Crippen molar-refractivity contribution in [1.29, 1.82) is 0 Å². The molecular weight excluding hydrogens is 545 g/mol. The Bertz CT molecular complexity index is 1600.